The zero-order chi connectivity index (χ0) is 14.4. The molecular weight excluding hydrogens is 272 g/mol. The summed E-state index contributed by atoms with van der Waals surface area (Å²) in [5, 5.41) is 2.67. The highest BCUT2D eigenvalue weighted by molar-refractivity contribution is 7.99. The van der Waals surface area contributed by atoms with E-state index in [1.165, 1.54) is 6.92 Å². The number of nitrogens with one attached hydrogen (secondary N) is 1. The first-order valence-corrected chi connectivity index (χ1v) is 7.11. The van der Waals surface area contributed by atoms with Gasteiger partial charge in [0, 0.05) is 17.9 Å². The van der Waals surface area contributed by atoms with Crippen LogP contribution in [0.2, 0.25) is 0 Å². The maximum atomic E-state index is 11.1. The van der Waals surface area contributed by atoms with Crippen LogP contribution in [0.15, 0.2) is 53.4 Å². The number of carbonyl (C=O) groups is 1. The second kappa shape index (κ2) is 6.86. The van der Waals surface area contributed by atoms with Crippen molar-refractivity contribution in [3.8, 4) is 5.75 Å². The number of carbonyl (C=O) groups excluding carboxylic acids is 1. The number of benzene rings is 2. The molecule has 0 radical (unpaired) electrons. The summed E-state index contributed by atoms with van der Waals surface area (Å²) < 4.78 is 5.64. The van der Waals surface area contributed by atoms with E-state index in [2.05, 4.69) is 5.32 Å². The summed E-state index contributed by atoms with van der Waals surface area (Å²) in [5.74, 6) is 1.01. The van der Waals surface area contributed by atoms with Crippen LogP contribution in [0.5, 0.6) is 5.75 Å². The molecule has 0 saturated carbocycles. The molecule has 0 aliphatic carbocycles. The van der Waals surface area contributed by atoms with E-state index in [0.29, 0.717) is 23.1 Å². The SMILES string of the molecule is CC(=O)Nc1cc(OCSc2ccccc2)ccc1N. The molecule has 0 saturated heterocycles. The van der Waals surface area contributed by atoms with Crippen LogP contribution in [-0.4, -0.2) is 11.8 Å². The lowest BCUT2D eigenvalue weighted by Crippen LogP contribution is -2.08. The standard InChI is InChI=1S/C15H16N2O2S/c1-11(18)17-15-9-12(7-8-14(15)16)19-10-20-13-5-3-2-4-6-13/h2-9H,10,16H2,1H3,(H,17,18). The van der Waals surface area contributed by atoms with E-state index in [9.17, 15) is 4.79 Å². The van der Waals surface area contributed by atoms with Crippen molar-refractivity contribution in [2.75, 3.05) is 17.0 Å². The summed E-state index contributed by atoms with van der Waals surface area (Å²) in [6, 6.07) is 15.2. The summed E-state index contributed by atoms with van der Waals surface area (Å²) in [6.45, 7) is 1.44. The van der Waals surface area contributed by atoms with Crippen molar-refractivity contribution in [3.63, 3.8) is 0 Å². The highest BCUT2D eigenvalue weighted by Crippen LogP contribution is 2.26. The minimum atomic E-state index is -0.160. The third-order valence-corrected chi connectivity index (χ3v) is 3.37. The lowest BCUT2D eigenvalue weighted by molar-refractivity contribution is -0.114. The van der Waals surface area contributed by atoms with E-state index < -0.39 is 0 Å². The number of hydrogen-bond acceptors (Lipinski definition) is 4. The molecule has 2 rings (SSSR count). The molecule has 4 nitrogen and oxygen atoms in total. The van der Waals surface area contributed by atoms with Gasteiger partial charge in [-0.05, 0) is 24.3 Å². The van der Waals surface area contributed by atoms with E-state index in [-0.39, 0.29) is 5.91 Å². The van der Waals surface area contributed by atoms with Gasteiger partial charge in [0.2, 0.25) is 5.91 Å². The van der Waals surface area contributed by atoms with E-state index in [1.807, 2.05) is 30.3 Å². The van der Waals surface area contributed by atoms with Gasteiger partial charge in [0.25, 0.3) is 0 Å². The zero-order valence-corrected chi connectivity index (χ0v) is 11.9. The largest absolute Gasteiger partial charge is 0.483 e. The highest BCUT2D eigenvalue weighted by Gasteiger charge is 2.04. The molecule has 0 heterocycles. The monoisotopic (exact) mass is 288 g/mol. The smallest absolute Gasteiger partial charge is 0.221 e. The summed E-state index contributed by atoms with van der Waals surface area (Å²) >= 11 is 1.60. The van der Waals surface area contributed by atoms with Crippen LogP contribution in [0.3, 0.4) is 0 Å². The predicted octanol–water partition coefficient (Wildman–Crippen LogP) is 3.36. The Morgan fingerprint density at radius 1 is 1.25 bits per heavy atom. The Kier molecular flexibility index (Phi) is 4.90. The maximum Gasteiger partial charge on any atom is 0.221 e. The molecule has 3 N–H and O–H groups in total. The van der Waals surface area contributed by atoms with Gasteiger partial charge in [0.15, 0.2) is 0 Å². The van der Waals surface area contributed by atoms with Crippen LogP contribution in [-0.2, 0) is 4.79 Å². The fraction of sp³-hybridized carbons (Fsp3) is 0.133. The fourth-order valence-corrected chi connectivity index (χ4v) is 2.29. The Morgan fingerprint density at radius 2 is 2.00 bits per heavy atom. The van der Waals surface area contributed by atoms with Crippen LogP contribution in [0.4, 0.5) is 11.4 Å². The molecule has 0 aliphatic rings. The number of hydrogen-bond donors (Lipinski definition) is 2. The van der Waals surface area contributed by atoms with Crippen molar-refractivity contribution in [1.29, 1.82) is 0 Å². The van der Waals surface area contributed by atoms with Crippen LogP contribution >= 0.6 is 11.8 Å². The van der Waals surface area contributed by atoms with Gasteiger partial charge in [-0.3, -0.25) is 4.79 Å². The highest BCUT2D eigenvalue weighted by atomic mass is 32.2. The number of nitrogens with two attached hydrogens (primary N) is 1. The lowest BCUT2D eigenvalue weighted by atomic mass is 10.2. The molecule has 0 aromatic heterocycles. The third-order valence-electron chi connectivity index (χ3n) is 2.53. The minimum absolute atomic E-state index is 0.160. The Morgan fingerprint density at radius 3 is 2.70 bits per heavy atom. The van der Waals surface area contributed by atoms with Gasteiger partial charge < -0.3 is 15.8 Å². The van der Waals surface area contributed by atoms with Crippen molar-refractivity contribution in [3.05, 3.63) is 48.5 Å². The topological polar surface area (TPSA) is 64.3 Å². The van der Waals surface area contributed by atoms with Crippen molar-refractivity contribution in [2.24, 2.45) is 0 Å². The van der Waals surface area contributed by atoms with Gasteiger partial charge >= 0.3 is 0 Å². The van der Waals surface area contributed by atoms with E-state index in [0.717, 1.165) is 4.90 Å². The van der Waals surface area contributed by atoms with Gasteiger partial charge in [-0.2, -0.15) is 0 Å². The molecule has 0 spiro atoms. The molecule has 20 heavy (non-hydrogen) atoms. The van der Waals surface area contributed by atoms with Crippen molar-refractivity contribution in [2.45, 2.75) is 11.8 Å². The first-order chi connectivity index (χ1) is 9.65. The van der Waals surface area contributed by atoms with E-state index >= 15 is 0 Å². The lowest BCUT2D eigenvalue weighted by Gasteiger charge is -2.10. The molecule has 2 aromatic carbocycles. The second-order valence-corrected chi connectivity index (χ2v) is 5.15. The maximum absolute atomic E-state index is 11.1. The number of thioether (sulfide) groups is 1. The van der Waals surface area contributed by atoms with Crippen molar-refractivity contribution >= 4 is 29.0 Å². The summed E-state index contributed by atoms with van der Waals surface area (Å²) in [4.78, 5) is 12.2. The molecule has 2 aromatic rings. The van der Waals surface area contributed by atoms with E-state index in [4.69, 9.17) is 10.5 Å². The number of anilines is 2. The van der Waals surface area contributed by atoms with Crippen molar-refractivity contribution in [1.82, 2.24) is 0 Å². The average molecular weight is 288 g/mol. The van der Waals surface area contributed by atoms with Crippen LogP contribution in [0.25, 0.3) is 0 Å². The molecule has 0 bridgehead atoms. The van der Waals surface area contributed by atoms with Gasteiger partial charge in [0.05, 0.1) is 11.4 Å². The predicted molar refractivity (Wildman–Crippen MR) is 83.0 cm³/mol. The Hall–Kier alpha value is -2.14. The van der Waals surface area contributed by atoms with E-state index in [1.54, 1.807) is 30.0 Å². The molecule has 0 fully saturated rings. The van der Waals surface area contributed by atoms with Crippen molar-refractivity contribution < 1.29 is 9.53 Å². The molecule has 104 valence electrons. The number of nitrogen functional groups attached to an aromatic ring is 1. The molecule has 0 atom stereocenters. The molecule has 0 aliphatic heterocycles. The summed E-state index contributed by atoms with van der Waals surface area (Å²) in [5.41, 5.74) is 6.87. The number of rotatable bonds is 5. The first-order valence-electron chi connectivity index (χ1n) is 6.13. The molecule has 0 unspecified atom stereocenters. The zero-order valence-electron chi connectivity index (χ0n) is 11.1. The van der Waals surface area contributed by atoms with Crippen LogP contribution in [0.1, 0.15) is 6.92 Å². The Labute approximate surface area is 122 Å². The van der Waals surface area contributed by atoms with Gasteiger partial charge in [0.1, 0.15) is 11.7 Å². The third kappa shape index (κ3) is 4.20. The average Bonchev–Trinajstić information content (AvgIpc) is 2.43. The molecule has 1 amide bonds. The van der Waals surface area contributed by atoms with Gasteiger partial charge in [-0.25, -0.2) is 0 Å². The fourth-order valence-electron chi connectivity index (χ4n) is 1.61. The van der Waals surface area contributed by atoms with Crippen LogP contribution in [0, 0.1) is 0 Å². The number of ether oxygens (including phenoxy) is 1. The van der Waals surface area contributed by atoms with Gasteiger partial charge in [-0.1, -0.05) is 30.0 Å². The first kappa shape index (κ1) is 14.3. The molecule has 5 heteroatoms. The Balaban J connectivity index is 1.94. The molecular formula is C15H16N2O2S. The Bertz CT molecular complexity index is 588. The summed E-state index contributed by atoms with van der Waals surface area (Å²) in [7, 11) is 0. The quantitative estimate of drug-likeness (QED) is 0.503. The van der Waals surface area contributed by atoms with Crippen LogP contribution < -0.4 is 15.8 Å². The minimum Gasteiger partial charge on any atom is -0.483 e. The van der Waals surface area contributed by atoms with Gasteiger partial charge in [-0.15, -0.1) is 0 Å². The normalized spacial score (nSPS) is 10.1. The number of amides is 1. The second-order valence-electron chi connectivity index (χ2n) is 4.15. The summed E-state index contributed by atoms with van der Waals surface area (Å²) in [6.07, 6.45) is 0.